The van der Waals surface area contributed by atoms with Gasteiger partial charge in [0.1, 0.15) is 11.9 Å². The third kappa shape index (κ3) is 4.60. The molecule has 120 valence electrons. The van der Waals surface area contributed by atoms with Gasteiger partial charge < -0.3 is 10.6 Å². The minimum absolute atomic E-state index is 0.115. The van der Waals surface area contributed by atoms with Gasteiger partial charge >= 0.3 is 0 Å². The van der Waals surface area contributed by atoms with E-state index in [4.69, 9.17) is 0 Å². The molecule has 23 heavy (non-hydrogen) atoms. The highest BCUT2D eigenvalue weighted by atomic mass is 19.1. The van der Waals surface area contributed by atoms with Gasteiger partial charge in [0.25, 0.3) is 5.91 Å². The van der Waals surface area contributed by atoms with E-state index >= 15 is 0 Å². The predicted molar refractivity (Wildman–Crippen MR) is 85.4 cm³/mol. The summed E-state index contributed by atoms with van der Waals surface area (Å²) in [6.07, 6.45) is 3.13. The second kappa shape index (κ2) is 7.49. The second-order valence-electron chi connectivity index (χ2n) is 5.43. The molecule has 2 N–H and O–H groups in total. The highest BCUT2D eigenvalue weighted by Gasteiger charge is 2.24. The van der Waals surface area contributed by atoms with Crippen LogP contribution in [0.4, 0.5) is 10.1 Å². The molecule has 0 aliphatic heterocycles. The summed E-state index contributed by atoms with van der Waals surface area (Å²) in [5.74, 6) is -1.29. The minimum Gasteiger partial charge on any atom is -0.340 e. The quantitative estimate of drug-likeness (QED) is 0.891. The highest BCUT2D eigenvalue weighted by Crippen LogP contribution is 2.10. The first-order valence-electron chi connectivity index (χ1n) is 7.24. The summed E-state index contributed by atoms with van der Waals surface area (Å²) in [7, 11) is 0. The Morgan fingerprint density at radius 1 is 1.13 bits per heavy atom. The smallest absolute Gasteiger partial charge is 0.251 e. The Kier molecular flexibility index (Phi) is 5.41. The fourth-order valence-electron chi connectivity index (χ4n) is 2.02. The number of pyridine rings is 1. The summed E-state index contributed by atoms with van der Waals surface area (Å²) in [5.41, 5.74) is 0.852. The normalized spacial score (nSPS) is 11.8. The van der Waals surface area contributed by atoms with Crippen LogP contribution in [0.15, 0.2) is 48.8 Å². The summed E-state index contributed by atoms with van der Waals surface area (Å²) in [6, 6.07) is 7.86. The molecule has 0 spiro atoms. The molecule has 0 radical (unpaired) electrons. The molecule has 0 fully saturated rings. The number of anilines is 1. The Balaban J connectivity index is 2.07. The number of hydrogen-bond donors (Lipinski definition) is 2. The molecule has 5 nitrogen and oxygen atoms in total. The van der Waals surface area contributed by atoms with Crippen molar-refractivity contribution in [1.29, 1.82) is 0 Å². The molecule has 2 amide bonds. The Morgan fingerprint density at radius 2 is 1.83 bits per heavy atom. The van der Waals surface area contributed by atoms with Crippen LogP contribution in [0.1, 0.15) is 24.2 Å². The molecule has 1 unspecified atom stereocenters. The van der Waals surface area contributed by atoms with E-state index in [9.17, 15) is 14.0 Å². The second-order valence-corrected chi connectivity index (χ2v) is 5.43. The predicted octanol–water partition coefficient (Wildman–Crippen LogP) is 2.61. The van der Waals surface area contributed by atoms with E-state index in [0.717, 1.165) is 0 Å². The molecule has 2 rings (SSSR count). The zero-order chi connectivity index (χ0) is 16.8. The van der Waals surface area contributed by atoms with Gasteiger partial charge in [-0.2, -0.15) is 0 Å². The van der Waals surface area contributed by atoms with Crippen molar-refractivity contribution >= 4 is 17.5 Å². The largest absolute Gasteiger partial charge is 0.340 e. The fourth-order valence-corrected chi connectivity index (χ4v) is 2.02. The molecular formula is C17H18FN3O2. The maximum Gasteiger partial charge on any atom is 0.251 e. The van der Waals surface area contributed by atoms with Gasteiger partial charge in [-0.15, -0.1) is 0 Å². The lowest BCUT2D eigenvalue weighted by Crippen LogP contribution is -2.47. The van der Waals surface area contributed by atoms with Crippen molar-refractivity contribution in [3.8, 4) is 0 Å². The molecule has 1 heterocycles. The summed E-state index contributed by atoms with van der Waals surface area (Å²) in [5, 5.41) is 5.39. The summed E-state index contributed by atoms with van der Waals surface area (Å²) < 4.78 is 12.9. The van der Waals surface area contributed by atoms with Crippen LogP contribution >= 0.6 is 0 Å². The molecule has 0 aliphatic rings. The Bertz CT molecular complexity index is 672. The molecule has 6 heteroatoms. The van der Waals surface area contributed by atoms with Gasteiger partial charge in [-0.05, 0) is 42.3 Å². The van der Waals surface area contributed by atoms with Crippen LogP contribution in [0.5, 0.6) is 0 Å². The van der Waals surface area contributed by atoms with E-state index in [-0.39, 0.29) is 11.8 Å². The third-order valence-electron chi connectivity index (χ3n) is 3.27. The monoisotopic (exact) mass is 315 g/mol. The van der Waals surface area contributed by atoms with Crippen LogP contribution in [0, 0.1) is 11.7 Å². The molecule has 1 aromatic carbocycles. The lowest BCUT2D eigenvalue weighted by Gasteiger charge is -2.21. The first-order valence-corrected chi connectivity index (χ1v) is 7.24. The average molecular weight is 315 g/mol. The molecule has 2 aromatic rings. The molecule has 0 saturated heterocycles. The number of carbonyl (C=O) groups excluding carboxylic acids is 2. The van der Waals surface area contributed by atoms with Crippen LogP contribution < -0.4 is 10.6 Å². The highest BCUT2D eigenvalue weighted by molar-refractivity contribution is 6.01. The summed E-state index contributed by atoms with van der Waals surface area (Å²) >= 11 is 0. The number of carbonyl (C=O) groups is 2. The molecule has 0 saturated carbocycles. The topological polar surface area (TPSA) is 71.1 Å². The van der Waals surface area contributed by atoms with Gasteiger partial charge in [-0.3, -0.25) is 14.6 Å². The van der Waals surface area contributed by atoms with E-state index in [1.54, 1.807) is 18.3 Å². The van der Waals surface area contributed by atoms with Crippen molar-refractivity contribution in [3.63, 3.8) is 0 Å². The zero-order valence-corrected chi connectivity index (χ0v) is 12.9. The van der Waals surface area contributed by atoms with E-state index in [1.165, 1.54) is 30.5 Å². The minimum atomic E-state index is -0.715. The lowest BCUT2D eigenvalue weighted by atomic mass is 10.0. The average Bonchev–Trinajstić information content (AvgIpc) is 2.53. The lowest BCUT2D eigenvalue weighted by molar-refractivity contribution is -0.118. The van der Waals surface area contributed by atoms with Gasteiger partial charge in [-0.1, -0.05) is 13.8 Å². The first-order chi connectivity index (χ1) is 11.0. The van der Waals surface area contributed by atoms with E-state index in [0.29, 0.717) is 11.3 Å². The van der Waals surface area contributed by atoms with Crippen molar-refractivity contribution in [2.24, 2.45) is 5.92 Å². The summed E-state index contributed by atoms with van der Waals surface area (Å²) in [6.45, 7) is 3.66. The number of rotatable bonds is 5. The Hall–Kier alpha value is -2.76. The number of aromatic nitrogens is 1. The van der Waals surface area contributed by atoms with Crippen molar-refractivity contribution in [2.45, 2.75) is 19.9 Å². The van der Waals surface area contributed by atoms with Crippen LogP contribution in [0.2, 0.25) is 0 Å². The maximum atomic E-state index is 12.9. The fraction of sp³-hybridized carbons (Fsp3) is 0.235. The van der Waals surface area contributed by atoms with Gasteiger partial charge in [0.05, 0.1) is 11.9 Å². The van der Waals surface area contributed by atoms with Crippen LogP contribution in [0.25, 0.3) is 0 Å². The van der Waals surface area contributed by atoms with Crippen molar-refractivity contribution in [1.82, 2.24) is 10.3 Å². The SMILES string of the molecule is CC(C)C(NC(=O)c1ccc(F)cc1)C(=O)Nc1cccnc1. The van der Waals surface area contributed by atoms with E-state index in [2.05, 4.69) is 15.6 Å². The molecule has 1 atom stereocenters. The number of halogens is 1. The first kappa shape index (κ1) is 16.6. The standard InChI is InChI=1S/C17H18FN3O2/c1-11(2)15(17(23)20-14-4-3-9-19-10-14)21-16(22)12-5-7-13(18)8-6-12/h3-11,15H,1-2H3,(H,20,23)(H,21,22). The number of nitrogens with zero attached hydrogens (tertiary/aromatic N) is 1. The zero-order valence-electron chi connectivity index (χ0n) is 12.9. The molecule has 0 bridgehead atoms. The van der Waals surface area contributed by atoms with Gasteiger partial charge in [-0.25, -0.2) is 4.39 Å². The van der Waals surface area contributed by atoms with Crippen LogP contribution in [-0.4, -0.2) is 22.8 Å². The molecule has 0 aliphatic carbocycles. The number of benzene rings is 1. The van der Waals surface area contributed by atoms with E-state index in [1.807, 2.05) is 13.8 Å². The van der Waals surface area contributed by atoms with Gasteiger partial charge in [0.15, 0.2) is 0 Å². The summed E-state index contributed by atoms with van der Waals surface area (Å²) in [4.78, 5) is 28.5. The maximum absolute atomic E-state index is 12.9. The van der Waals surface area contributed by atoms with Crippen molar-refractivity contribution in [2.75, 3.05) is 5.32 Å². The van der Waals surface area contributed by atoms with Gasteiger partial charge in [0.2, 0.25) is 5.91 Å². The van der Waals surface area contributed by atoms with E-state index < -0.39 is 17.8 Å². The number of nitrogens with one attached hydrogen (secondary N) is 2. The molecule has 1 aromatic heterocycles. The number of hydrogen-bond acceptors (Lipinski definition) is 3. The van der Waals surface area contributed by atoms with Crippen molar-refractivity contribution < 1.29 is 14.0 Å². The number of amides is 2. The Morgan fingerprint density at radius 3 is 2.39 bits per heavy atom. The van der Waals surface area contributed by atoms with Gasteiger partial charge in [0, 0.05) is 11.8 Å². The molecular weight excluding hydrogens is 297 g/mol. The van der Waals surface area contributed by atoms with Crippen molar-refractivity contribution in [3.05, 3.63) is 60.2 Å². The third-order valence-corrected chi connectivity index (χ3v) is 3.27. The van der Waals surface area contributed by atoms with Crippen LogP contribution in [-0.2, 0) is 4.79 Å². The Labute approximate surface area is 133 Å². The van der Waals surface area contributed by atoms with Crippen LogP contribution in [0.3, 0.4) is 0 Å².